The molecule has 4 rings (SSSR count). The minimum absolute atomic E-state index is 0.155. The van der Waals surface area contributed by atoms with Crippen molar-refractivity contribution in [3.05, 3.63) is 99.6 Å². The number of ether oxygens (including phenoxy) is 2. The third-order valence-electron chi connectivity index (χ3n) is 5.62. The van der Waals surface area contributed by atoms with Crippen molar-refractivity contribution >= 4 is 23.7 Å². The molecular formula is C26H24ClNO5. The summed E-state index contributed by atoms with van der Waals surface area (Å²) in [6.07, 6.45) is 0.220. The van der Waals surface area contributed by atoms with Gasteiger partial charge in [0.15, 0.2) is 6.61 Å². The van der Waals surface area contributed by atoms with Crippen LogP contribution in [0.1, 0.15) is 33.9 Å². The number of fused-ring (bicyclic) bond motifs is 1. The Bertz CT molecular complexity index is 1160. The molecule has 7 heteroatoms. The zero-order chi connectivity index (χ0) is 23.4. The number of hydrogen-bond acceptors (Lipinski definition) is 4. The van der Waals surface area contributed by atoms with Crippen molar-refractivity contribution in [3.63, 3.8) is 0 Å². The highest BCUT2D eigenvalue weighted by molar-refractivity contribution is 6.30. The molecule has 1 aliphatic heterocycles. The van der Waals surface area contributed by atoms with Gasteiger partial charge < -0.3 is 14.6 Å². The van der Waals surface area contributed by atoms with E-state index in [0.29, 0.717) is 29.3 Å². The first-order valence-corrected chi connectivity index (χ1v) is 11.0. The lowest BCUT2D eigenvalue weighted by molar-refractivity contribution is -0.139. The molecule has 0 aliphatic carbocycles. The number of amides is 1. The highest BCUT2D eigenvalue weighted by Gasteiger charge is 2.35. The van der Waals surface area contributed by atoms with E-state index in [1.807, 2.05) is 55.5 Å². The van der Waals surface area contributed by atoms with E-state index in [4.69, 9.17) is 26.2 Å². The van der Waals surface area contributed by atoms with Crippen LogP contribution >= 0.6 is 11.6 Å². The van der Waals surface area contributed by atoms with Gasteiger partial charge in [-0.3, -0.25) is 4.90 Å². The largest absolute Gasteiger partial charge is 0.482 e. The lowest BCUT2D eigenvalue weighted by Gasteiger charge is -2.37. The van der Waals surface area contributed by atoms with E-state index in [9.17, 15) is 9.59 Å². The standard InChI is InChI=1S/C26H24ClNO5/c1-17-6-8-18(9-7-17)15-33-26(31)28-13-12-19-4-2-3-5-21(19)25(28)22-14-20(27)10-11-23(22)32-16-24(29)30/h2-11,14,25H,12-13,15-16H2,1H3,(H,29,30). The Morgan fingerprint density at radius 2 is 1.82 bits per heavy atom. The SMILES string of the molecule is Cc1ccc(COC(=O)N2CCc3ccccc3C2c2cc(Cl)ccc2OCC(=O)O)cc1. The molecule has 6 nitrogen and oxygen atoms in total. The van der Waals surface area contributed by atoms with Gasteiger partial charge in [0.25, 0.3) is 0 Å². The van der Waals surface area contributed by atoms with Crippen LogP contribution in [-0.2, 0) is 22.6 Å². The molecular weight excluding hydrogens is 442 g/mol. The number of halogens is 1. The molecule has 0 aromatic heterocycles. The van der Waals surface area contributed by atoms with Gasteiger partial charge in [0.1, 0.15) is 12.4 Å². The molecule has 0 bridgehead atoms. The Balaban J connectivity index is 1.67. The lowest BCUT2D eigenvalue weighted by Crippen LogP contribution is -2.41. The van der Waals surface area contributed by atoms with Crippen LogP contribution in [0.25, 0.3) is 0 Å². The van der Waals surface area contributed by atoms with Gasteiger partial charge in [-0.15, -0.1) is 0 Å². The number of aryl methyl sites for hydroxylation is 1. The molecule has 33 heavy (non-hydrogen) atoms. The fourth-order valence-electron chi connectivity index (χ4n) is 4.01. The predicted octanol–water partition coefficient (Wildman–Crippen LogP) is 5.40. The summed E-state index contributed by atoms with van der Waals surface area (Å²) in [4.78, 5) is 26.0. The third-order valence-corrected chi connectivity index (χ3v) is 5.85. The van der Waals surface area contributed by atoms with E-state index in [0.717, 1.165) is 22.3 Å². The second-order valence-electron chi connectivity index (χ2n) is 7.95. The number of nitrogens with zero attached hydrogens (tertiary/aromatic N) is 1. The van der Waals surface area contributed by atoms with Gasteiger partial charge in [-0.1, -0.05) is 65.7 Å². The lowest BCUT2D eigenvalue weighted by atomic mass is 9.88. The van der Waals surface area contributed by atoms with Crippen LogP contribution in [0.5, 0.6) is 5.75 Å². The zero-order valence-electron chi connectivity index (χ0n) is 18.2. The van der Waals surface area contributed by atoms with Crippen molar-refractivity contribution in [1.82, 2.24) is 4.90 Å². The number of carbonyl (C=O) groups is 2. The molecule has 0 fully saturated rings. The third kappa shape index (κ3) is 5.29. The van der Waals surface area contributed by atoms with E-state index in [1.165, 1.54) is 0 Å². The minimum Gasteiger partial charge on any atom is -0.482 e. The molecule has 1 N–H and O–H groups in total. The van der Waals surface area contributed by atoms with Gasteiger partial charge in [-0.05, 0) is 48.2 Å². The number of hydrogen-bond donors (Lipinski definition) is 1. The molecule has 0 radical (unpaired) electrons. The highest BCUT2D eigenvalue weighted by Crippen LogP contribution is 2.40. The van der Waals surface area contributed by atoms with Gasteiger partial charge >= 0.3 is 12.1 Å². The van der Waals surface area contributed by atoms with Gasteiger partial charge in [-0.2, -0.15) is 0 Å². The molecule has 1 amide bonds. The molecule has 0 saturated carbocycles. The molecule has 1 unspecified atom stereocenters. The van der Waals surface area contributed by atoms with Crippen molar-refractivity contribution in [3.8, 4) is 5.75 Å². The second kappa shape index (κ2) is 9.96. The van der Waals surface area contributed by atoms with Gasteiger partial charge in [0.05, 0.1) is 6.04 Å². The number of aliphatic carboxylic acids is 1. The van der Waals surface area contributed by atoms with E-state index in [2.05, 4.69) is 0 Å². The van der Waals surface area contributed by atoms with Crippen LogP contribution in [0, 0.1) is 6.92 Å². The first-order chi connectivity index (χ1) is 15.9. The zero-order valence-corrected chi connectivity index (χ0v) is 18.9. The summed E-state index contributed by atoms with van der Waals surface area (Å²) in [6, 6.07) is 20.1. The number of carboxylic acid groups (broad SMARTS) is 1. The normalized spacial score (nSPS) is 15.0. The average molecular weight is 466 g/mol. The van der Waals surface area contributed by atoms with Crippen molar-refractivity contribution in [2.45, 2.75) is 26.0 Å². The molecule has 3 aromatic carbocycles. The van der Waals surface area contributed by atoms with E-state index in [-0.39, 0.29) is 6.61 Å². The molecule has 170 valence electrons. The number of carbonyl (C=O) groups excluding carboxylic acids is 1. The Morgan fingerprint density at radius 1 is 1.06 bits per heavy atom. The van der Waals surface area contributed by atoms with E-state index >= 15 is 0 Å². The Morgan fingerprint density at radius 3 is 2.58 bits per heavy atom. The van der Waals surface area contributed by atoms with Crippen molar-refractivity contribution < 1.29 is 24.2 Å². The van der Waals surface area contributed by atoms with Crippen LogP contribution in [-0.4, -0.2) is 35.2 Å². The first-order valence-electron chi connectivity index (χ1n) is 10.6. The van der Waals surface area contributed by atoms with Crippen molar-refractivity contribution in [2.24, 2.45) is 0 Å². The summed E-state index contributed by atoms with van der Waals surface area (Å²) in [5.41, 5.74) is 4.68. The Labute approximate surface area is 197 Å². The monoisotopic (exact) mass is 465 g/mol. The molecule has 0 saturated heterocycles. The number of carboxylic acids is 1. The molecule has 3 aromatic rings. The fourth-order valence-corrected chi connectivity index (χ4v) is 4.20. The molecule has 1 heterocycles. The summed E-state index contributed by atoms with van der Waals surface area (Å²) in [7, 11) is 0. The van der Waals surface area contributed by atoms with E-state index in [1.54, 1.807) is 23.1 Å². The Hall–Kier alpha value is -3.51. The minimum atomic E-state index is -1.09. The summed E-state index contributed by atoms with van der Waals surface area (Å²) in [6.45, 7) is 2.10. The van der Waals surface area contributed by atoms with Gasteiger partial charge in [0.2, 0.25) is 0 Å². The smallest absolute Gasteiger partial charge is 0.410 e. The fraction of sp³-hybridized carbons (Fsp3) is 0.231. The summed E-state index contributed by atoms with van der Waals surface area (Å²) in [5, 5.41) is 9.55. The topological polar surface area (TPSA) is 76.1 Å². The summed E-state index contributed by atoms with van der Waals surface area (Å²) >= 11 is 6.30. The summed E-state index contributed by atoms with van der Waals surface area (Å²) < 4.78 is 11.2. The average Bonchev–Trinajstić information content (AvgIpc) is 2.82. The predicted molar refractivity (Wildman–Crippen MR) is 125 cm³/mol. The molecule has 1 aliphatic rings. The maximum atomic E-state index is 13.2. The maximum Gasteiger partial charge on any atom is 0.410 e. The second-order valence-corrected chi connectivity index (χ2v) is 8.39. The number of benzene rings is 3. The van der Waals surface area contributed by atoms with Crippen molar-refractivity contribution in [1.29, 1.82) is 0 Å². The van der Waals surface area contributed by atoms with Crippen LogP contribution in [0.2, 0.25) is 5.02 Å². The molecule has 1 atom stereocenters. The van der Waals surface area contributed by atoms with Gasteiger partial charge in [0, 0.05) is 17.1 Å². The van der Waals surface area contributed by atoms with E-state index < -0.39 is 24.7 Å². The summed E-state index contributed by atoms with van der Waals surface area (Å²) in [5.74, 6) is -0.728. The Kier molecular flexibility index (Phi) is 6.84. The van der Waals surface area contributed by atoms with Gasteiger partial charge in [-0.25, -0.2) is 9.59 Å². The quantitative estimate of drug-likeness (QED) is 0.527. The number of rotatable bonds is 6. The highest BCUT2D eigenvalue weighted by atomic mass is 35.5. The first kappa shape index (κ1) is 22.7. The van der Waals surface area contributed by atoms with Crippen LogP contribution < -0.4 is 4.74 Å². The molecule has 0 spiro atoms. The van der Waals surface area contributed by atoms with Crippen LogP contribution in [0.4, 0.5) is 4.79 Å². The van der Waals surface area contributed by atoms with Crippen LogP contribution in [0.15, 0.2) is 66.7 Å². The van der Waals surface area contributed by atoms with Crippen molar-refractivity contribution in [2.75, 3.05) is 13.2 Å². The maximum absolute atomic E-state index is 13.2. The van der Waals surface area contributed by atoms with Crippen LogP contribution in [0.3, 0.4) is 0 Å².